The second-order valence-corrected chi connectivity index (χ2v) is 4.10. The Morgan fingerprint density at radius 2 is 1.93 bits per heavy atom. The molecule has 0 bridgehead atoms. The van der Waals surface area contributed by atoms with Gasteiger partial charge in [-0.25, -0.2) is 0 Å². The molecule has 5 heteroatoms. The maximum Gasteiger partial charge on any atom is 0.159 e. The van der Waals surface area contributed by atoms with Crippen molar-refractivity contribution in [3.8, 4) is 5.82 Å². The van der Waals surface area contributed by atoms with Gasteiger partial charge in [0.15, 0.2) is 5.82 Å². The lowest BCUT2D eigenvalue weighted by atomic mass is 10.5. The van der Waals surface area contributed by atoms with E-state index in [9.17, 15) is 4.21 Å². The Hall–Kier alpha value is -1.49. The maximum absolute atomic E-state index is 11.0. The van der Waals surface area contributed by atoms with Crippen LogP contribution >= 0.6 is 0 Å². The van der Waals surface area contributed by atoms with Crippen molar-refractivity contribution in [2.24, 2.45) is 0 Å². The Bertz CT molecular complexity index is 436. The summed E-state index contributed by atoms with van der Waals surface area (Å²) in [6, 6.07) is 7.34. The van der Waals surface area contributed by atoms with Crippen molar-refractivity contribution in [3.63, 3.8) is 0 Å². The van der Waals surface area contributed by atoms with E-state index in [1.807, 2.05) is 29.1 Å². The van der Waals surface area contributed by atoms with Gasteiger partial charge < -0.3 is 4.57 Å². The quantitative estimate of drug-likeness (QED) is 0.738. The lowest BCUT2D eigenvalue weighted by molar-refractivity contribution is 0.681. The lowest BCUT2D eigenvalue weighted by Crippen LogP contribution is -2.00. The lowest BCUT2D eigenvalue weighted by Gasteiger charge is -2.00. The fraction of sp³-hybridized carbons (Fsp3) is 0.111. The predicted molar refractivity (Wildman–Crippen MR) is 53.7 cm³/mol. The van der Waals surface area contributed by atoms with Gasteiger partial charge in [-0.2, -0.15) is 0 Å². The Balaban J connectivity index is 2.36. The Morgan fingerprint density at radius 3 is 2.43 bits per heavy atom. The topological polar surface area (TPSA) is 47.8 Å². The fourth-order valence-electron chi connectivity index (χ4n) is 1.09. The highest BCUT2D eigenvalue weighted by Crippen LogP contribution is 2.05. The SMILES string of the molecule is C[S@@](=O)c1ccc(-n2cccc2)nn1. The van der Waals surface area contributed by atoms with Crippen LogP contribution in [-0.4, -0.2) is 25.2 Å². The van der Waals surface area contributed by atoms with E-state index in [0.717, 1.165) is 5.82 Å². The van der Waals surface area contributed by atoms with Gasteiger partial charge in [0.2, 0.25) is 0 Å². The summed E-state index contributed by atoms with van der Waals surface area (Å²) in [7, 11) is -1.07. The molecule has 1 atom stereocenters. The molecule has 0 unspecified atom stereocenters. The summed E-state index contributed by atoms with van der Waals surface area (Å²) in [6.07, 6.45) is 5.35. The van der Waals surface area contributed by atoms with Gasteiger partial charge in [0.1, 0.15) is 5.03 Å². The van der Waals surface area contributed by atoms with Crippen LogP contribution in [0, 0.1) is 0 Å². The Morgan fingerprint density at radius 1 is 1.21 bits per heavy atom. The third kappa shape index (κ3) is 1.72. The molecule has 2 rings (SSSR count). The van der Waals surface area contributed by atoms with Crippen LogP contribution in [0.2, 0.25) is 0 Å². The first-order chi connectivity index (χ1) is 6.77. The average Bonchev–Trinajstić information content (AvgIpc) is 2.71. The van der Waals surface area contributed by atoms with Crippen LogP contribution in [0.4, 0.5) is 0 Å². The van der Waals surface area contributed by atoms with E-state index in [2.05, 4.69) is 10.2 Å². The van der Waals surface area contributed by atoms with Gasteiger partial charge in [-0.1, -0.05) is 0 Å². The predicted octanol–water partition coefficient (Wildman–Crippen LogP) is 1.00. The van der Waals surface area contributed by atoms with Crippen molar-refractivity contribution in [1.82, 2.24) is 14.8 Å². The molecule has 0 amide bonds. The van der Waals surface area contributed by atoms with Crippen LogP contribution in [0.15, 0.2) is 41.7 Å². The van der Waals surface area contributed by atoms with Gasteiger partial charge >= 0.3 is 0 Å². The molecule has 0 spiro atoms. The van der Waals surface area contributed by atoms with Crippen LogP contribution in [0.25, 0.3) is 5.82 Å². The van der Waals surface area contributed by atoms with E-state index in [-0.39, 0.29) is 0 Å². The van der Waals surface area contributed by atoms with Crippen LogP contribution in [0.1, 0.15) is 0 Å². The van der Waals surface area contributed by atoms with Gasteiger partial charge in [-0.15, -0.1) is 10.2 Å². The number of rotatable bonds is 2. The van der Waals surface area contributed by atoms with E-state index in [0.29, 0.717) is 5.03 Å². The Labute approximate surface area is 84.1 Å². The summed E-state index contributed by atoms with van der Waals surface area (Å²) >= 11 is 0. The molecular formula is C9H9N3OS. The summed E-state index contributed by atoms with van der Waals surface area (Å²) < 4.78 is 12.9. The van der Waals surface area contributed by atoms with E-state index in [4.69, 9.17) is 0 Å². The minimum Gasteiger partial charge on any atom is -0.307 e. The van der Waals surface area contributed by atoms with E-state index in [1.54, 1.807) is 18.4 Å². The minimum atomic E-state index is -1.07. The van der Waals surface area contributed by atoms with Crippen LogP contribution in [0.5, 0.6) is 0 Å². The average molecular weight is 207 g/mol. The highest BCUT2D eigenvalue weighted by atomic mass is 32.2. The van der Waals surface area contributed by atoms with Gasteiger partial charge in [0.25, 0.3) is 0 Å². The van der Waals surface area contributed by atoms with Crippen LogP contribution < -0.4 is 0 Å². The molecule has 0 radical (unpaired) electrons. The monoisotopic (exact) mass is 207 g/mol. The molecule has 2 aromatic heterocycles. The second-order valence-electron chi connectivity index (χ2n) is 2.77. The fourth-order valence-corrected chi connectivity index (χ4v) is 1.51. The van der Waals surface area contributed by atoms with E-state index >= 15 is 0 Å². The molecule has 0 aromatic carbocycles. The molecular weight excluding hydrogens is 198 g/mol. The van der Waals surface area contributed by atoms with Crippen LogP contribution in [0.3, 0.4) is 0 Å². The van der Waals surface area contributed by atoms with Gasteiger partial charge in [0.05, 0.1) is 10.8 Å². The first kappa shape index (κ1) is 9.08. The van der Waals surface area contributed by atoms with Crippen molar-refractivity contribution in [2.75, 3.05) is 6.26 Å². The Kier molecular flexibility index (Phi) is 2.41. The minimum absolute atomic E-state index is 0.501. The summed E-state index contributed by atoms with van der Waals surface area (Å²) in [6.45, 7) is 0. The molecule has 0 aliphatic heterocycles. The van der Waals surface area contributed by atoms with Gasteiger partial charge in [0, 0.05) is 18.6 Å². The zero-order chi connectivity index (χ0) is 9.97. The summed E-state index contributed by atoms with van der Waals surface area (Å²) in [5.74, 6) is 0.726. The molecule has 2 aromatic rings. The first-order valence-electron chi connectivity index (χ1n) is 4.08. The molecule has 4 nitrogen and oxygen atoms in total. The van der Waals surface area contributed by atoms with Gasteiger partial charge in [-0.05, 0) is 24.3 Å². The third-order valence-corrected chi connectivity index (χ3v) is 2.60. The van der Waals surface area contributed by atoms with Crippen molar-refractivity contribution >= 4 is 10.8 Å². The number of nitrogens with zero attached hydrogens (tertiary/aromatic N) is 3. The molecule has 14 heavy (non-hydrogen) atoms. The normalized spacial score (nSPS) is 12.6. The van der Waals surface area contributed by atoms with E-state index in [1.165, 1.54) is 0 Å². The molecule has 0 N–H and O–H groups in total. The molecule has 0 aliphatic carbocycles. The molecule has 2 heterocycles. The van der Waals surface area contributed by atoms with Crippen molar-refractivity contribution < 1.29 is 4.21 Å². The third-order valence-electron chi connectivity index (χ3n) is 1.79. The first-order valence-corrected chi connectivity index (χ1v) is 5.64. The van der Waals surface area contributed by atoms with Crippen molar-refractivity contribution in [3.05, 3.63) is 36.7 Å². The summed E-state index contributed by atoms with van der Waals surface area (Å²) in [5, 5.41) is 8.33. The second kappa shape index (κ2) is 3.71. The standard InChI is InChI=1S/C9H9N3OS/c1-14(13)9-5-4-8(10-11-9)12-6-2-3-7-12/h2-7H,1H3/t14-/m1/s1. The molecule has 72 valence electrons. The summed E-state index contributed by atoms with van der Waals surface area (Å²) in [4.78, 5) is 0. The van der Waals surface area contributed by atoms with Crippen molar-refractivity contribution in [2.45, 2.75) is 5.03 Å². The molecule has 0 saturated carbocycles. The molecule has 0 aliphatic rings. The zero-order valence-corrected chi connectivity index (χ0v) is 8.44. The zero-order valence-electron chi connectivity index (χ0n) is 7.62. The van der Waals surface area contributed by atoms with Gasteiger partial charge in [-0.3, -0.25) is 4.21 Å². The highest BCUT2D eigenvalue weighted by molar-refractivity contribution is 7.84. The number of hydrogen-bond donors (Lipinski definition) is 0. The van der Waals surface area contributed by atoms with Crippen LogP contribution in [-0.2, 0) is 10.8 Å². The highest BCUT2D eigenvalue weighted by Gasteiger charge is 2.01. The molecule has 0 fully saturated rings. The summed E-state index contributed by atoms with van der Waals surface area (Å²) in [5.41, 5.74) is 0. The maximum atomic E-state index is 11.0. The van der Waals surface area contributed by atoms with E-state index < -0.39 is 10.8 Å². The number of aromatic nitrogens is 3. The smallest absolute Gasteiger partial charge is 0.159 e. The largest absolute Gasteiger partial charge is 0.307 e. The van der Waals surface area contributed by atoms with Crippen molar-refractivity contribution in [1.29, 1.82) is 0 Å². The number of hydrogen-bond acceptors (Lipinski definition) is 3. The molecule has 0 saturated heterocycles.